The minimum atomic E-state index is -0.960. The molecule has 20 heteroatoms. The van der Waals surface area contributed by atoms with E-state index in [4.69, 9.17) is 38.3 Å². The fourth-order valence-corrected chi connectivity index (χ4v) is 5.73. The van der Waals surface area contributed by atoms with E-state index < -0.39 is 72.0 Å². The van der Waals surface area contributed by atoms with Gasteiger partial charge in [-0.25, -0.2) is 14.4 Å². The maximum atomic E-state index is 12.4. The van der Waals surface area contributed by atoms with E-state index >= 15 is 0 Å². The van der Waals surface area contributed by atoms with E-state index in [0.717, 1.165) is 19.3 Å². The van der Waals surface area contributed by atoms with Gasteiger partial charge in [0.05, 0.1) is 22.6 Å². The van der Waals surface area contributed by atoms with Crippen molar-refractivity contribution in [1.82, 2.24) is 0 Å². The molecule has 76 heavy (non-hydrogen) atoms. The molecule has 0 fully saturated rings. The lowest BCUT2D eigenvalue weighted by molar-refractivity contribution is -0.164. The smallest absolute Gasteiger partial charge is 0.338 e. The summed E-state index contributed by atoms with van der Waals surface area (Å²) in [5, 5.41) is 7.99. The number of carboxylic acid groups (broad SMARTS) is 1. The predicted molar refractivity (Wildman–Crippen MR) is 275 cm³/mol. The predicted octanol–water partition coefficient (Wildman–Crippen LogP) is 8.64. The van der Waals surface area contributed by atoms with Gasteiger partial charge >= 0.3 is 59.7 Å². The van der Waals surface area contributed by atoms with Crippen LogP contribution in [0, 0.1) is 5.92 Å². The number of benzene rings is 3. The standard InChI is InChI=1S/C24H20O6.C19H34O6.C9H14O6.C4H8O2/c25-22(18-10-4-1-5-11-18)28-16-21(30-24(27)20-14-8-3-9-15-20)17-29-23(26)19-12-6-2-7-13-19;1-4-5-6-7-8-9-10-11-12-13-19(22)24-15-18(25-17(3)21)14-23-16(2)20;1-6(10)13-4-9(15-8(3)12)5-14-7(2)11;1-3(2)4(5)6/h1-15,21H,16-17H2;18H,4-15H2,1-3H3;9H,4-5H2,1-3H3;3H,1-2H3,(H,5,6). The number of esters is 9. The molecule has 3 aromatic carbocycles. The molecule has 0 heterocycles. The van der Waals surface area contributed by atoms with Gasteiger partial charge in [0.2, 0.25) is 0 Å². The van der Waals surface area contributed by atoms with Crippen LogP contribution in [0.2, 0.25) is 0 Å². The Morgan fingerprint density at radius 1 is 0.382 bits per heavy atom. The second-order valence-corrected chi connectivity index (χ2v) is 16.9. The van der Waals surface area contributed by atoms with Gasteiger partial charge in [0, 0.05) is 41.0 Å². The molecular formula is C56H76O20. The van der Waals surface area contributed by atoms with Crippen LogP contribution < -0.4 is 0 Å². The Labute approximate surface area is 445 Å². The maximum absolute atomic E-state index is 12.4. The van der Waals surface area contributed by atoms with E-state index in [9.17, 15) is 47.9 Å². The number of hydrogen-bond acceptors (Lipinski definition) is 19. The molecule has 20 nitrogen and oxygen atoms in total. The van der Waals surface area contributed by atoms with E-state index in [1.165, 1.54) is 73.1 Å². The van der Waals surface area contributed by atoms with Crippen molar-refractivity contribution < 1.29 is 95.7 Å². The van der Waals surface area contributed by atoms with Gasteiger partial charge in [-0.15, -0.1) is 0 Å². The van der Waals surface area contributed by atoms with Crippen molar-refractivity contribution in [2.24, 2.45) is 5.92 Å². The minimum absolute atomic E-state index is 0.0941. The van der Waals surface area contributed by atoms with Gasteiger partial charge in [0.1, 0.15) is 39.6 Å². The maximum Gasteiger partial charge on any atom is 0.338 e. The van der Waals surface area contributed by atoms with Crippen LogP contribution >= 0.6 is 0 Å². The SMILES string of the molecule is CC(=O)OCC(COC(C)=O)OC(C)=O.CC(C)C(=O)O.CCCCCCCCCCCC(=O)OCC(COC(C)=O)OC(C)=O.O=C(OCC(COC(=O)c1ccccc1)OC(=O)c1ccccc1)c1ccccc1. The summed E-state index contributed by atoms with van der Waals surface area (Å²) in [6.07, 6.45) is 8.54. The molecule has 3 aromatic rings. The van der Waals surface area contributed by atoms with E-state index in [1.807, 2.05) is 0 Å². The van der Waals surface area contributed by atoms with Crippen molar-refractivity contribution in [3.8, 4) is 0 Å². The van der Waals surface area contributed by atoms with Gasteiger partial charge in [-0.3, -0.25) is 33.6 Å². The highest BCUT2D eigenvalue weighted by atomic mass is 16.6. The van der Waals surface area contributed by atoms with Gasteiger partial charge < -0.3 is 47.7 Å². The third-order valence-electron chi connectivity index (χ3n) is 9.59. The number of ether oxygens (including phenoxy) is 9. The summed E-state index contributed by atoms with van der Waals surface area (Å²) in [6.45, 7) is 10.7. The number of rotatable bonds is 29. The zero-order valence-corrected chi connectivity index (χ0v) is 45.0. The van der Waals surface area contributed by atoms with E-state index in [0.29, 0.717) is 23.1 Å². The van der Waals surface area contributed by atoms with Crippen LogP contribution in [0.15, 0.2) is 91.0 Å². The van der Waals surface area contributed by atoms with Gasteiger partial charge in [-0.2, -0.15) is 0 Å². The topological polar surface area (TPSA) is 274 Å². The van der Waals surface area contributed by atoms with Gasteiger partial charge in [0.15, 0.2) is 18.3 Å². The first-order valence-corrected chi connectivity index (χ1v) is 25.0. The fourth-order valence-electron chi connectivity index (χ4n) is 5.73. The molecule has 0 amide bonds. The van der Waals surface area contributed by atoms with E-state index in [1.54, 1.807) is 105 Å². The number of hydrogen-bond donors (Lipinski definition) is 1. The largest absolute Gasteiger partial charge is 0.481 e. The molecule has 1 unspecified atom stereocenters. The van der Waals surface area contributed by atoms with Crippen molar-refractivity contribution in [2.75, 3.05) is 39.6 Å². The van der Waals surface area contributed by atoms with Crippen molar-refractivity contribution in [2.45, 2.75) is 138 Å². The summed E-state index contributed by atoms with van der Waals surface area (Å²) < 4.78 is 44.8. The summed E-state index contributed by atoms with van der Waals surface area (Å²) in [7, 11) is 0. The van der Waals surface area contributed by atoms with Crippen molar-refractivity contribution in [3.05, 3.63) is 108 Å². The second-order valence-electron chi connectivity index (χ2n) is 16.9. The van der Waals surface area contributed by atoms with Crippen LogP contribution in [0.1, 0.15) is 151 Å². The third kappa shape index (κ3) is 38.9. The minimum Gasteiger partial charge on any atom is -0.481 e. The average molecular weight is 1070 g/mol. The number of carbonyl (C=O) groups excluding carboxylic acids is 9. The molecule has 0 bridgehead atoms. The van der Waals surface area contributed by atoms with Crippen LogP contribution in [-0.4, -0.2) is 123 Å². The summed E-state index contributed by atoms with van der Waals surface area (Å²) in [6, 6.07) is 25.3. The highest BCUT2D eigenvalue weighted by molar-refractivity contribution is 5.91. The van der Waals surface area contributed by atoms with Crippen LogP contribution in [0.3, 0.4) is 0 Å². The fraction of sp³-hybridized carbons (Fsp3) is 0.500. The molecular weight excluding hydrogens is 993 g/mol. The van der Waals surface area contributed by atoms with E-state index in [2.05, 4.69) is 16.4 Å². The molecule has 0 saturated carbocycles. The Balaban J connectivity index is 0.00000110. The average Bonchev–Trinajstić information content (AvgIpc) is 3.38. The number of aliphatic carboxylic acids is 1. The number of unbranched alkanes of at least 4 members (excludes halogenated alkanes) is 8. The summed E-state index contributed by atoms with van der Waals surface area (Å²) >= 11 is 0. The van der Waals surface area contributed by atoms with E-state index in [-0.39, 0.29) is 51.5 Å². The lowest BCUT2D eigenvalue weighted by Crippen LogP contribution is -2.31. The molecule has 0 aromatic heterocycles. The molecule has 0 radical (unpaired) electrons. The Kier molecular flexibility index (Phi) is 38.4. The third-order valence-corrected chi connectivity index (χ3v) is 9.59. The first kappa shape index (κ1) is 68.4. The zero-order valence-electron chi connectivity index (χ0n) is 45.0. The second kappa shape index (κ2) is 42.7. The number of carboxylic acids is 1. The van der Waals surface area contributed by atoms with Crippen LogP contribution in [0.25, 0.3) is 0 Å². The van der Waals surface area contributed by atoms with Crippen LogP contribution in [0.4, 0.5) is 0 Å². The molecule has 0 saturated heterocycles. The Bertz CT molecular complexity index is 2090. The highest BCUT2D eigenvalue weighted by Gasteiger charge is 2.22. The van der Waals surface area contributed by atoms with Gasteiger partial charge in [0.25, 0.3) is 0 Å². The van der Waals surface area contributed by atoms with Crippen molar-refractivity contribution in [1.29, 1.82) is 0 Å². The molecule has 0 aliphatic carbocycles. The molecule has 1 atom stereocenters. The van der Waals surface area contributed by atoms with Crippen LogP contribution in [-0.2, 0) is 76.2 Å². The molecule has 0 spiro atoms. The van der Waals surface area contributed by atoms with Crippen molar-refractivity contribution in [3.63, 3.8) is 0 Å². The summed E-state index contributed by atoms with van der Waals surface area (Å²) in [4.78, 5) is 112. The van der Waals surface area contributed by atoms with Gasteiger partial charge in [-0.1, -0.05) is 127 Å². The monoisotopic (exact) mass is 1070 g/mol. The molecule has 1 N–H and O–H groups in total. The molecule has 0 aliphatic heterocycles. The van der Waals surface area contributed by atoms with Crippen LogP contribution in [0.5, 0.6) is 0 Å². The number of carbonyl (C=O) groups is 10. The molecule has 0 aliphatic rings. The van der Waals surface area contributed by atoms with Crippen molar-refractivity contribution >= 4 is 59.7 Å². The van der Waals surface area contributed by atoms with Gasteiger partial charge in [-0.05, 0) is 42.8 Å². The first-order valence-electron chi connectivity index (χ1n) is 25.0. The normalized spacial score (nSPS) is 10.5. The first-order chi connectivity index (χ1) is 36.1. The Morgan fingerprint density at radius 3 is 0.987 bits per heavy atom. The Morgan fingerprint density at radius 2 is 0.671 bits per heavy atom. The summed E-state index contributed by atoms with van der Waals surface area (Å²) in [5.41, 5.74) is 1.07. The molecule has 3 rings (SSSR count). The highest BCUT2D eigenvalue weighted by Crippen LogP contribution is 2.12. The summed E-state index contributed by atoms with van der Waals surface area (Å²) in [5.74, 6) is -5.51. The lowest BCUT2D eigenvalue weighted by Gasteiger charge is -2.18. The Hall–Kier alpha value is -7.64. The quantitative estimate of drug-likeness (QED) is 0.0387. The molecule has 420 valence electrons. The lowest BCUT2D eigenvalue weighted by atomic mass is 10.1. The zero-order chi connectivity index (χ0) is 57.1.